The van der Waals surface area contributed by atoms with Crippen LogP contribution >= 0.6 is 0 Å². The molecule has 18 heavy (non-hydrogen) atoms. The molecule has 1 aromatic rings. The summed E-state index contributed by atoms with van der Waals surface area (Å²) < 4.78 is 30.4. The van der Waals surface area contributed by atoms with Gasteiger partial charge >= 0.3 is 0 Å². The second-order valence-corrected chi connectivity index (χ2v) is 4.42. The van der Waals surface area contributed by atoms with Crippen molar-refractivity contribution in [1.29, 1.82) is 0 Å². The molecule has 0 fully saturated rings. The first-order valence-corrected chi connectivity index (χ1v) is 6.03. The van der Waals surface area contributed by atoms with Crippen LogP contribution in [0.5, 0.6) is 5.75 Å². The third-order valence-corrected chi connectivity index (χ3v) is 3.09. The fourth-order valence-corrected chi connectivity index (χ4v) is 2.29. The molecule has 100 valence electrons. The SMILES string of the molecule is OCCN(CC(F)F)CC1COc2ccccc21. The van der Waals surface area contributed by atoms with Gasteiger partial charge in [-0.3, -0.25) is 4.90 Å². The zero-order valence-corrected chi connectivity index (χ0v) is 10.1. The van der Waals surface area contributed by atoms with Crippen molar-refractivity contribution in [3.05, 3.63) is 29.8 Å². The van der Waals surface area contributed by atoms with E-state index in [1.165, 1.54) is 0 Å². The van der Waals surface area contributed by atoms with Crippen LogP contribution in [-0.2, 0) is 0 Å². The van der Waals surface area contributed by atoms with Crippen LogP contribution in [0.25, 0.3) is 0 Å². The molecule has 5 heteroatoms. The molecule has 1 aromatic carbocycles. The molecule has 1 N–H and O–H groups in total. The summed E-state index contributed by atoms with van der Waals surface area (Å²) in [5.74, 6) is 0.940. The van der Waals surface area contributed by atoms with Gasteiger partial charge in [0.05, 0.1) is 19.8 Å². The lowest BCUT2D eigenvalue weighted by Crippen LogP contribution is -2.35. The number of halogens is 2. The Labute approximate surface area is 105 Å². The van der Waals surface area contributed by atoms with Crippen LogP contribution in [-0.4, -0.2) is 49.3 Å². The summed E-state index contributed by atoms with van der Waals surface area (Å²) in [6, 6.07) is 7.67. The van der Waals surface area contributed by atoms with E-state index in [-0.39, 0.29) is 25.6 Å². The lowest BCUT2D eigenvalue weighted by Gasteiger charge is -2.23. The average Bonchev–Trinajstić information content (AvgIpc) is 2.72. The van der Waals surface area contributed by atoms with Crippen LogP contribution in [0.1, 0.15) is 11.5 Å². The Morgan fingerprint density at radius 1 is 1.39 bits per heavy atom. The smallest absolute Gasteiger partial charge is 0.251 e. The zero-order valence-electron chi connectivity index (χ0n) is 10.1. The van der Waals surface area contributed by atoms with Gasteiger partial charge in [0.1, 0.15) is 5.75 Å². The molecule has 0 saturated heterocycles. The van der Waals surface area contributed by atoms with Gasteiger partial charge < -0.3 is 9.84 Å². The molecule has 3 nitrogen and oxygen atoms in total. The van der Waals surface area contributed by atoms with E-state index >= 15 is 0 Å². The van der Waals surface area contributed by atoms with Crippen molar-refractivity contribution in [2.24, 2.45) is 0 Å². The predicted octanol–water partition coefficient (Wildman–Crippen LogP) is 1.72. The van der Waals surface area contributed by atoms with Gasteiger partial charge in [0.2, 0.25) is 0 Å². The maximum absolute atomic E-state index is 12.4. The van der Waals surface area contributed by atoms with E-state index in [4.69, 9.17) is 9.84 Å². The highest BCUT2D eigenvalue weighted by molar-refractivity contribution is 5.39. The Morgan fingerprint density at radius 2 is 2.17 bits per heavy atom. The normalized spacial score (nSPS) is 18.2. The summed E-state index contributed by atoms with van der Waals surface area (Å²) in [5.41, 5.74) is 1.06. The quantitative estimate of drug-likeness (QED) is 0.842. The van der Waals surface area contributed by atoms with Gasteiger partial charge in [-0.1, -0.05) is 18.2 Å². The number of alkyl halides is 2. The summed E-state index contributed by atoms with van der Waals surface area (Å²) in [6.45, 7) is 0.858. The van der Waals surface area contributed by atoms with Gasteiger partial charge in [0.25, 0.3) is 6.43 Å². The maximum atomic E-state index is 12.4. The van der Waals surface area contributed by atoms with Crippen molar-refractivity contribution in [3.63, 3.8) is 0 Å². The first-order chi connectivity index (χ1) is 8.70. The van der Waals surface area contributed by atoms with Gasteiger partial charge in [0.15, 0.2) is 0 Å². The molecular weight excluding hydrogens is 240 g/mol. The van der Waals surface area contributed by atoms with Crippen LogP contribution in [0.2, 0.25) is 0 Å². The minimum atomic E-state index is -2.38. The van der Waals surface area contributed by atoms with Gasteiger partial charge in [-0.25, -0.2) is 8.78 Å². The van der Waals surface area contributed by atoms with E-state index in [0.29, 0.717) is 13.2 Å². The van der Waals surface area contributed by atoms with Crippen molar-refractivity contribution < 1.29 is 18.6 Å². The molecule has 1 aliphatic rings. The highest BCUT2D eigenvalue weighted by Gasteiger charge is 2.26. The van der Waals surface area contributed by atoms with E-state index in [9.17, 15) is 8.78 Å². The molecule has 1 atom stereocenters. The van der Waals surface area contributed by atoms with Crippen LogP contribution in [0.4, 0.5) is 8.78 Å². The first-order valence-electron chi connectivity index (χ1n) is 6.03. The lowest BCUT2D eigenvalue weighted by atomic mass is 10.0. The van der Waals surface area contributed by atoms with Crippen molar-refractivity contribution in [2.45, 2.75) is 12.3 Å². The second-order valence-electron chi connectivity index (χ2n) is 4.42. The summed E-state index contributed by atoms with van der Waals surface area (Å²) >= 11 is 0. The van der Waals surface area contributed by atoms with E-state index in [1.54, 1.807) is 4.90 Å². The van der Waals surface area contributed by atoms with Crippen molar-refractivity contribution in [2.75, 3.05) is 32.8 Å². The van der Waals surface area contributed by atoms with Gasteiger partial charge in [-0.2, -0.15) is 0 Å². The summed E-state index contributed by atoms with van der Waals surface area (Å²) in [5, 5.41) is 8.90. The molecule has 0 amide bonds. The van der Waals surface area contributed by atoms with Crippen LogP contribution in [0.3, 0.4) is 0 Å². The number of hydrogen-bond acceptors (Lipinski definition) is 3. The molecular formula is C13H17F2NO2. The number of ether oxygens (including phenoxy) is 1. The summed E-state index contributed by atoms with van der Waals surface area (Å²) in [7, 11) is 0. The third-order valence-electron chi connectivity index (χ3n) is 3.09. The number of nitrogens with zero attached hydrogens (tertiary/aromatic N) is 1. The monoisotopic (exact) mass is 257 g/mol. The number of aliphatic hydroxyl groups excluding tert-OH is 1. The van der Waals surface area contributed by atoms with E-state index in [0.717, 1.165) is 11.3 Å². The minimum Gasteiger partial charge on any atom is -0.493 e. The maximum Gasteiger partial charge on any atom is 0.251 e. The molecule has 0 saturated carbocycles. The number of para-hydroxylation sites is 1. The molecule has 0 radical (unpaired) electrons. The highest BCUT2D eigenvalue weighted by Crippen LogP contribution is 2.33. The zero-order chi connectivity index (χ0) is 13.0. The Balaban J connectivity index is 2.00. The first kappa shape index (κ1) is 13.2. The standard InChI is InChI=1S/C13H17F2NO2/c14-13(15)8-16(5-6-17)7-10-9-18-12-4-2-1-3-11(10)12/h1-4,10,13,17H,5-9H2. The minimum absolute atomic E-state index is 0.103. The molecule has 1 heterocycles. The lowest BCUT2D eigenvalue weighted by molar-refractivity contribution is 0.0736. The number of benzene rings is 1. The van der Waals surface area contributed by atoms with Crippen LogP contribution in [0.15, 0.2) is 24.3 Å². The number of hydrogen-bond donors (Lipinski definition) is 1. The van der Waals surface area contributed by atoms with Gasteiger partial charge in [-0.15, -0.1) is 0 Å². The molecule has 2 rings (SSSR count). The average molecular weight is 257 g/mol. The topological polar surface area (TPSA) is 32.7 Å². The second kappa shape index (κ2) is 6.11. The van der Waals surface area contributed by atoms with Crippen molar-refractivity contribution >= 4 is 0 Å². The van der Waals surface area contributed by atoms with E-state index in [1.807, 2.05) is 24.3 Å². The van der Waals surface area contributed by atoms with Crippen LogP contribution in [0, 0.1) is 0 Å². The number of aliphatic hydroxyl groups is 1. The predicted molar refractivity (Wildman–Crippen MR) is 64.2 cm³/mol. The van der Waals surface area contributed by atoms with E-state index in [2.05, 4.69) is 0 Å². The van der Waals surface area contributed by atoms with Crippen molar-refractivity contribution in [3.8, 4) is 5.75 Å². The van der Waals surface area contributed by atoms with Crippen molar-refractivity contribution in [1.82, 2.24) is 4.90 Å². The van der Waals surface area contributed by atoms with Gasteiger partial charge in [0, 0.05) is 24.6 Å². The fourth-order valence-electron chi connectivity index (χ4n) is 2.29. The summed E-state index contributed by atoms with van der Waals surface area (Å²) in [6.07, 6.45) is -2.38. The largest absolute Gasteiger partial charge is 0.493 e. The van der Waals surface area contributed by atoms with Gasteiger partial charge in [-0.05, 0) is 6.07 Å². The Morgan fingerprint density at radius 3 is 2.89 bits per heavy atom. The fraction of sp³-hybridized carbons (Fsp3) is 0.538. The molecule has 0 aliphatic carbocycles. The molecule has 0 spiro atoms. The van der Waals surface area contributed by atoms with E-state index < -0.39 is 6.43 Å². The van der Waals surface area contributed by atoms with Crippen LogP contribution < -0.4 is 4.74 Å². The molecule has 1 aliphatic heterocycles. The Kier molecular flexibility index (Phi) is 4.49. The number of fused-ring (bicyclic) bond motifs is 1. The molecule has 1 unspecified atom stereocenters. The Bertz CT molecular complexity index is 387. The number of rotatable bonds is 6. The Hall–Kier alpha value is -1.20. The molecule has 0 bridgehead atoms. The highest BCUT2D eigenvalue weighted by atomic mass is 19.3. The molecule has 0 aromatic heterocycles. The third kappa shape index (κ3) is 3.17. The summed E-state index contributed by atoms with van der Waals surface area (Å²) in [4.78, 5) is 1.58.